The number of benzene rings is 1. The highest BCUT2D eigenvalue weighted by molar-refractivity contribution is 7.07. The van der Waals surface area contributed by atoms with Crippen LogP contribution in [0.15, 0.2) is 40.1 Å². The van der Waals surface area contributed by atoms with E-state index in [1.807, 2.05) is 5.38 Å². The van der Waals surface area contributed by atoms with Gasteiger partial charge in [-0.2, -0.15) is 0 Å². The van der Waals surface area contributed by atoms with Gasteiger partial charge in [0.2, 0.25) is 6.23 Å². The fourth-order valence-electron chi connectivity index (χ4n) is 3.28. The molecule has 0 bridgehead atoms. The summed E-state index contributed by atoms with van der Waals surface area (Å²) in [5.41, 5.74) is 2.46. The van der Waals surface area contributed by atoms with Crippen LogP contribution in [0.4, 0.5) is 0 Å². The molecule has 0 unspecified atom stereocenters. The van der Waals surface area contributed by atoms with Crippen molar-refractivity contribution in [1.82, 2.24) is 9.55 Å². The first kappa shape index (κ1) is 18.2. The molecule has 1 fully saturated rings. The van der Waals surface area contributed by atoms with E-state index in [0.717, 1.165) is 12.8 Å². The molecule has 5 rings (SSSR count). The minimum Gasteiger partial charge on any atom is -0.492 e. The van der Waals surface area contributed by atoms with Gasteiger partial charge < -0.3 is 19.1 Å². The van der Waals surface area contributed by atoms with Crippen LogP contribution in [-0.4, -0.2) is 27.2 Å². The summed E-state index contributed by atoms with van der Waals surface area (Å²) in [6.07, 6.45) is 2.90. The standard InChI is InChI=1S/C20H15ClN2O5S/c21-13-3-11-15-4-16(24)12(20(25)26)6-23(15)19(14-8-29-9-22-14)28-17(11)5-18(13)27-7-10-1-2-10/h3-6,8-10,19H,1-2,7H2,(H,25,26)/t19-/m0/s1. The van der Waals surface area contributed by atoms with Crippen molar-refractivity contribution in [2.45, 2.75) is 19.1 Å². The Hall–Kier alpha value is -2.84. The third-order valence-electron chi connectivity index (χ3n) is 4.99. The van der Waals surface area contributed by atoms with E-state index in [2.05, 4.69) is 4.98 Å². The highest BCUT2D eigenvalue weighted by atomic mass is 35.5. The number of aromatic carboxylic acids is 1. The first-order valence-electron chi connectivity index (χ1n) is 9.02. The number of aromatic nitrogens is 2. The van der Waals surface area contributed by atoms with Crippen LogP contribution in [-0.2, 0) is 0 Å². The molecule has 7 nitrogen and oxygen atoms in total. The molecule has 1 aliphatic heterocycles. The summed E-state index contributed by atoms with van der Waals surface area (Å²) >= 11 is 7.81. The Morgan fingerprint density at radius 1 is 1.38 bits per heavy atom. The highest BCUT2D eigenvalue weighted by Crippen LogP contribution is 2.45. The number of ether oxygens (including phenoxy) is 2. The van der Waals surface area contributed by atoms with Gasteiger partial charge in [-0.25, -0.2) is 9.78 Å². The summed E-state index contributed by atoms with van der Waals surface area (Å²) in [6, 6.07) is 4.70. The minimum atomic E-state index is -1.30. The fraction of sp³-hybridized carbons (Fsp3) is 0.250. The van der Waals surface area contributed by atoms with Crippen LogP contribution >= 0.6 is 22.9 Å². The van der Waals surface area contributed by atoms with Gasteiger partial charge in [0.1, 0.15) is 22.8 Å². The van der Waals surface area contributed by atoms with Crippen LogP contribution in [0.1, 0.15) is 35.1 Å². The number of halogens is 1. The van der Waals surface area contributed by atoms with E-state index in [0.29, 0.717) is 46.0 Å². The third kappa shape index (κ3) is 3.28. The van der Waals surface area contributed by atoms with Crippen molar-refractivity contribution in [3.63, 3.8) is 0 Å². The quantitative estimate of drug-likeness (QED) is 0.656. The molecule has 0 amide bonds. The van der Waals surface area contributed by atoms with E-state index in [9.17, 15) is 14.7 Å². The monoisotopic (exact) mass is 430 g/mol. The van der Waals surface area contributed by atoms with Crippen LogP contribution < -0.4 is 14.9 Å². The molecule has 9 heteroatoms. The second-order valence-electron chi connectivity index (χ2n) is 7.07. The van der Waals surface area contributed by atoms with Crippen LogP contribution in [0, 0.1) is 5.92 Å². The van der Waals surface area contributed by atoms with Crippen LogP contribution in [0.3, 0.4) is 0 Å². The van der Waals surface area contributed by atoms with Crippen LogP contribution in [0.25, 0.3) is 11.3 Å². The van der Waals surface area contributed by atoms with Crippen molar-refractivity contribution in [1.29, 1.82) is 0 Å². The van der Waals surface area contributed by atoms with E-state index in [-0.39, 0.29) is 5.56 Å². The molecule has 0 spiro atoms. The third-order valence-corrected chi connectivity index (χ3v) is 5.89. The Labute approximate surface area is 174 Å². The molecule has 1 saturated carbocycles. The van der Waals surface area contributed by atoms with E-state index in [1.54, 1.807) is 22.2 Å². The van der Waals surface area contributed by atoms with Crippen molar-refractivity contribution in [3.8, 4) is 22.8 Å². The molecule has 0 radical (unpaired) electrons. The maximum Gasteiger partial charge on any atom is 0.341 e. The van der Waals surface area contributed by atoms with E-state index in [4.69, 9.17) is 21.1 Å². The molecule has 0 saturated heterocycles. The van der Waals surface area contributed by atoms with E-state index < -0.39 is 17.6 Å². The Bertz CT molecular complexity index is 1170. The highest BCUT2D eigenvalue weighted by Gasteiger charge is 2.31. The van der Waals surface area contributed by atoms with Crippen molar-refractivity contribution < 1.29 is 19.4 Å². The maximum absolute atomic E-state index is 12.4. The Balaban J connectivity index is 1.66. The first-order valence-corrected chi connectivity index (χ1v) is 10.3. The SMILES string of the molecule is O=C(O)c1cn2c(cc1=O)-c1cc(Cl)c(OCC3CC3)cc1O[C@H]2c1cscn1. The van der Waals surface area contributed by atoms with Crippen molar-refractivity contribution in [3.05, 3.63) is 61.8 Å². The first-order chi connectivity index (χ1) is 14.0. The number of nitrogens with zero attached hydrogens (tertiary/aromatic N) is 2. The smallest absolute Gasteiger partial charge is 0.341 e. The van der Waals surface area contributed by atoms with Gasteiger partial charge in [0.05, 0.1) is 22.8 Å². The lowest BCUT2D eigenvalue weighted by atomic mass is 10.1. The lowest BCUT2D eigenvalue weighted by Gasteiger charge is -2.31. The minimum absolute atomic E-state index is 0.337. The molecule has 3 aromatic rings. The Morgan fingerprint density at radius 3 is 2.90 bits per heavy atom. The number of fused-ring (bicyclic) bond motifs is 3. The predicted molar refractivity (Wildman–Crippen MR) is 107 cm³/mol. The van der Waals surface area contributed by atoms with Gasteiger partial charge in [-0.15, -0.1) is 11.3 Å². The van der Waals surface area contributed by atoms with Crippen molar-refractivity contribution >= 4 is 28.9 Å². The average Bonchev–Trinajstić information content (AvgIpc) is 3.36. The number of hydrogen-bond acceptors (Lipinski definition) is 6. The fourth-order valence-corrected chi connectivity index (χ4v) is 4.06. The largest absolute Gasteiger partial charge is 0.492 e. The number of rotatable bonds is 5. The molecule has 3 heterocycles. The molecule has 1 N–H and O–H groups in total. The van der Waals surface area contributed by atoms with Gasteiger partial charge in [-0.3, -0.25) is 4.79 Å². The van der Waals surface area contributed by atoms with Gasteiger partial charge in [0.25, 0.3) is 0 Å². The zero-order chi connectivity index (χ0) is 20.1. The van der Waals surface area contributed by atoms with Gasteiger partial charge >= 0.3 is 5.97 Å². The molecular formula is C20H15ClN2O5S. The molecule has 148 valence electrons. The van der Waals surface area contributed by atoms with Crippen LogP contribution in [0.2, 0.25) is 5.02 Å². The number of carboxylic acids is 1. The number of pyridine rings is 1. The molecular weight excluding hydrogens is 416 g/mol. The summed E-state index contributed by atoms with van der Waals surface area (Å²) < 4.78 is 13.6. The molecule has 29 heavy (non-hydrogen) atoms. The van der Waals surface area contributed by atoms with E-state index >= 15 is 0 Å². The average molecular weight is 431 g/mol. The number of carbonyl (C=O) groups is 1. The van der Waals surface area contributed by atoms with Crippen LogP contribution in [0.5, 0.6) is 11.5 Å². The van der Waals surface area contributed by atoms with Gasteiger partial charge in [-0.05, 0) is 24.8 Å². The maximum atomic E-state index is 12.4. The molecule has 2 aliphatic rings. The second-order valence-corrected chi connectivity index (χ2v) is 8.19. The molecule has 1 atom stereocenters. The number of thiazole rings is 1. The molecule has 2 aromatic heterocycles. The lowest BCUT2D eigenvalue weighted by Crippen LogP contribution is -2.28. The Morgan fingerprint density at radius 2 is 2.21 bits per heavy atom. The zero-order valence-electron chi connectivity index (χ0n) is 15.0. The normalized spacial score (nSPS) is 17.2. The molecule has 1 aliphatic carbocycles. The predicted octanol–water partition coefficient (Wildman–Crippen LogP) is 4.05. The number of carboxylic acid groups (broad SMARTS) is 1. The molecule has 1 aromatic carbocycles. The zero-order valence-corrected chi connectivity index (χ0v) is 16.6. The van der Waals surface area contributed by atoms with Crippen molar-refractivity contribution in [2.75, 3.05) is 6.61 Å². The van der Waals surface area contributed by atoms with Gasteiger partial charge in [0, 0.05) is 29.3 Å². The van der Waals surface area contributed by atoms with Crippen molar-refractivity contribution in [2.24, 2.45) is 5.92 Å². The second kappa shape index (κ2) is 6.89. The van der Waals surface area contributed by atoms with Gasteiger partial charge in [-0.1, -0.05) is 11.6 Å². The summed E-state index contributed by atoms with van der Waals surface area (Å²) in [4.78, 5) is 28.1. The number of hydrogen-bond donors (Lipinski definition) is 1. The van der Waals surface area contributed by atoms with E-state index in [1.165, 1.54) is 23.6 Å². The summed E-state index contributed by atoms with van der Waals surface area (Å²) in [5, 5.41) is 11.6. The van der Waals surface area contributed by atoms with Gasteiger partial charge in [0.15, 0.2) is 5.43 Å². The lowest BCUT2D eigenvalue weighted by molar-refractivity contribution is 0.0693. The summed E-state index contributed by atoms with van der Waals surface area (Å²) in [5.74, 6) is 0.294. The topological polar surface area (TPSA) is 90.7 Å². The summed E-state index contributed by atoms with van der Waals surface area (Å²) in [6.45, 7) is 0.603. The summed E-state index contributed by atoms with van der Waals surface area (Å²) in [7, 11) is 0. The Kier molecular flexibility index (Phi) is 4.33.